The lowest BCUT2D eigenvalue weighted by atomic mass is 9.87. The fourth-order valence-corrected chi connectivity index (χ4v) is 1.66. The van der Waals surface area contributed by atoms with Crippen LogP contribution in [-0.2, 0) is 5.41 Å². The van der Waals surface area contributed by atoms with E-state index in [0.29, 0.717) is 5.82 Å². The summed E-state index contributed by atoms with van der Waals surface area (Å²) in [4.78, 5) is 11.7. The second kappa shape index (κ2) is 5.14. The van der Waals surface area contributed by atoms with Gasteiger partial charge in [0.15, 0.2) is 0 Å². The molecule has 1 heterocycles. The molecule has 0 unspecified atom stereocenters. The number of carbonyl (C=O) groups is 1. The minimum Gasteiger partial charge on any atom is -0.308 e. The number of anilines is 2. The summed E-state index contributed by atoms with van der Waals surface area (Å²) in [6.45, 7) is 6.46. The van der Waals surface area contributed by atoms with Crippen molar-refractivity contribution in [2.45, 2.75) is 26.2 Å². The summed E-state index contributed by atoms with van der Waals surface area (Å²) in [7, 11) is 0. The molecule has 0 saturated heterocycles. The van der Waals surface area contributed by atoms with E-state index in [-0.39, 0.29) is 11.4 Å². The van der Waals surface area contributed by atoms with Crippen LogP contribution in [-0.4, -0.2) is 16.2 Å². The van der Waals surface area contributed by atoms with E-state index in [2.05, 4.69) is 41.6 Å². The number of H-pyrrole nitrogens is 1. The first-order chi connectivity index (χ1) is 8.95. The van der Waals surface area contributed by atoms with Gasteiger partial charge in [0.25, 0.3) is 0 Å². The Bertz CT molecular complexity index is 538. The van der Waals surface area contributed by atoms with Gasteiger partial charge in [-0.05, 0) is 23.1 Å². The summed E-state index contributed by atoms with van der Waals surface area (Å²) >= 11 is 0. The topological polar surface area (TPSA) is 69.8 Å². The first-order valence-corrected chi connectivity index (χ1v) is 6.13. The van der Waals surface area contributed by atoms with E-state index in [1.165, 1.54) is 5.56 Å². The van der Waals surface area contributed by atoms with Crippen LogP contribution in [0, 0.1) is 0 Å². The van der Waals surface area contributed by atoms with Crippen molar-refractivity contribution >= 4 is 17.5 Å². The zero-order valence-electron chi connectivity index (χ0n) is 11.3. The second-order valence-corrected chi connectivity index (χ2v) is 5.38. The molecule has 0 saturated carbocycles. The standard InChI is InChI=1S/C14H18N4O/c1-14(2,3)10-4-6-11(7-5-10)16-13(19)17-12-8-9-15-18-12/h4-9H,1-3H3,(H3,15,16,17,18,19). The molecular formula is C14H18N4O. The number of nitrogens with one attached hydrogen (secondary N) is 3. The molecule has 5 heteroatoms. The smallest absolute Gasteiger partial charge is 0.308 e. The molecule has 0 aliphatic carbocycles. The van der Waals surface area contributed by atoms with Crippen LogP contribution in [0.15, 0.2) is 36.5 Å². The molecule has 0 spiro atoms. The largest absolute Gasteiger partial charge is 0.324 e. The Kier molecular flexibility index (Phi) is 3.55. The average molecular weight is 258 g/mol. The van der Waals surface area contributed by atoms with Gasteiger partial charge in [-0.3, -0.25) is 10.4 Å². The first kappa shape index (κ1) is 13.1. The number of urea groups is 1. The van der Waals surface area contributed by atoms with Crippen LogP contribution in [0.1, 0.15) is 26.3 Å². The monoisotopic (exact) mass is 258 g/mol. The van der Waals surface area contributed by atoms with Crippen LogP contribution in [0.5, 0.6) is 0 Å². The van der Waals surface area contributed by atoms with Gasteiger partial charge in [0.05, 0.1) is 6.20 Å². The van der Waals surface area contributed by atoms with Gasteiger partial charge in [0, 0.05) is 11.8 Å². The Morgan fingerprint density at radius 1 is 1.11 bits per heavy atom. The molecule has 2 aromatic rings. The Morgan fingerprint density at radius 2 is 1.79 bits per heavy atom. The number of aromatic amines is 1. The molecule has 0 bridgehead atoms. The summed E-state index contributed by atoms with van der Waals surface area (Å²) in [5, 5.41) is 11.8. The van der Waals surface area contributed by atoms with Crippen LogP contribution in [0.3, 0.4) is 0 Å². The molecule has 1 aromatic carbocycles. The van der Waals surface area contributed by atoms with Crippen molar-refractivity contribution in [3.63, 3.8) is 0 Å². The lowest BCUT2D eigenvalue weighted by Crippen LogP contribution is -2.19. The van der Waals surface area contributed by atoms with Crippen molar-refractivity contribution in [2.75, 3.05) is 10.6 Å². The molecule has 1 aromatic heterocycles. The minimum absolute atomic E-state index is 0.108. The average Bonchev–Trinajstić information content (AvgIpc) is 2.81. The summed E-state index contributed by atoms with van der Waals surface area (Å²) in [5.74, 6) is 0.559. The third-order valence-corrected chi connectivity index (χ3v) is 2.76. The maximum absolute atomic E-state index is 11.7. The lowest BCUT2D eigenvalue weighted by Gasteiger charge is -2.19. The quantitative estimate of drug-likeness (QED) is 0.773. The van der Waals surface area contributed by atoms with Crippen molar-refractivity contribution in [1.29, 1.82) is 0 Å². The van der Waals surface area contributed by atoms with Gasteiger partial charge in [-0.25, -0.2) is 4.79 Å². The highest BCUT2D eigenvalue weighted by atomic mass is 16.2. The predicted octanol–water partition coefficient (Wildman–Crippen LogP) is 3.35. The summed E-state index contributed by atoms with van der Waals surface area (Å²) in [6.07, 6.45) is 1.58. The van der Waals surface area contributed by atoms with E-state index >= 15 is 0 Å². The fourth-order valence-electron chi connectivity index (χ4n) is 1.66. The van der Waals surface area contributed by atoms with E-state index in [1.807, 2.05) is 24.3 Å². The highest BCUT2D eigenvalue weighted by Gasteiger charge is 2.13. The van der Waals surface area contributed by atoms with Gasteiger partial charge in [-0.1, -0.05) is 32.9 Å². The predicted molar refractivity (Wildman–Crippen MR) is 76.4 cm³/mol. The summed E-state index contributed by atoms with van der Waals surface area (Å²) in [5.41, 5.74) is 2.09. The van der Waals surface area contributed by atoms with Gasteiger partial charge in [0.1, 0.15) is 5.82 Å². The zero-order valence-corrected chi connectivity index (χ0v) is 11.3. The number of benzene rings is 1. The molecular weight excluding hydrogens is 240 g/mol. The van der Waals surface area contributed by atoms with Crippen LogP contribution in [0.2, 0.25) is 0 Å². The molecule has 0 radical (unpaired) electrons. The van der Waals surface area contributed by atoms with Crippen molar-refractivity contribution in [3.8, 4) is 0 Å². The Labute approximate surface area is 112 Å². The molecule has 3 N–H and O–H groups in total. The number of hydrogen-bond acceptors (Lipinski definition) is 2. The van der Waals surface area contributed by atoms with Gasteiger partial charge < -0.3 is 5.32 Å². The molecule has 5 nitrogen and oxygen atoms in total. The molecule has 2 amide bonds. The van der Waals surface area contributed by atoms with Crippen LogP contribution < -0.4 is 10.6 Å². The molecule has 19 heavy (non-hydrogen) atoms. The van der Waals surface area contributed by atoms with Gasteiger partial charge in [-0.15, -0.1) is 0 Å². The van der Waals surface area contributed by atoms with Crippen molar-refractivity contribution in [1.82, 2.24) is 10.2 Å². The van der Waals surface area contributed by atoms with E-state index in [4.69, 9.17) is 0 Å². The molecule has 0 atom stereocenters. The second-order valence-electron chi connectivity index (χ2n) is 5.38. The van der Waals surface area contributed by atoms with E-state index in [9.17, 15) is 4.79 Å². The first-order valence-electron chi connectivity index (χ1n) is 6.13. The van der Waals surface area contributed by atoms with Crippen molar-refractivity contribution in [2.24, 2.45) is 0 Å². The Morgan fingerprint density at radius 3 is 2.32 bits per heavy atom. The van der Waals surface area contributed by atoms with E-state index < -0.39 is 0 Å². The van der Waals surface area contributed by atoms with Gasteiger partial charge in [0.2, 0.25) is 0 Å². The van der Waals surface area contributed by atoms with Gasteiger partial charge in [-0.2, -0.15) is 5.10 Å². The van der Waals surface area contributed by atoms with E-state index in [1.54, 1.807) is 12.3 Å². The Hall–Kier alpha value is -2.30. The lowest BCUT2D eigenvalue weighted by molar-refractivity contribution is 0.262. The number of rotatable bonds is 2. The molecule has 2 rings (SSSR count). The SMILES string of the molecule is CC(C)(C)c1ccc(NC(=O)Nc2ccn[nH]2)cc1. The number of carbonyl (C=O) groups excluding carboxylic acids is 1. The number of aromatic nitrogens is 2. The summed E-state index contributed by atoms with van der Waals surface area (Å²) in [6, 6.07) is 9.22. The third kappa shape index (κ3) is 3.58. The Balaban J connectivity index is 1.98. The number of hydrogen-bond donors (Lipinski definition) is 3. The highest BCUT2D eigenvalue weighted by molar-refractivity contribution is 5.99. The van der Waals surface area contributed by atoms with Crippen LogP contribution in [0.4, 0.5) is 16.3 Å². The molecule has 100 valence electrons. The van der Waals surface area contributed by atoms with Crippen LogP contribution in [0.25, 0.3) is 0 Å². The highest BCUT2D eigenvalue weighted by Crippen LogP contribution is 2.23. The maximum atomic E-state index is 11.7. The normalized spacial score (nSPS) is 11.1. The zero-order chi connectivity index (χ0) is 13.9. The third-order valence-electron chi connectivity index (χ3n) is 2.76. The molecule has 0 fully saturated rings. The number of nitrogens with zero attached hydrogens (tertiary/aromatic N) is 1. The van der Waals surface area contributed by atoms with E-state index in [0.717, 1.165) is 5.69 Å². The van der Waals surface area contributed by atoms with Crippen molar-refractivity contribution < 1.29 is 4.79 Å². The minimum atomic E-state index is -0.298. The van der Waals surface area contributed by atoms with Gasteiger partial charge >= 0.3 is 6.03 Å². The fraction of sp³-hybridized carbons (Fsp3) is 0.286. The summed E-state index contributed by atoms with van der Waals surface area (Å²) < 4.78 is 0. The molecule has 0 aliphatic heterocycles. The maximum Gasteiger partial charge on any atom is 0.324 e. The van der Waals surface area contributed by atoms with Crippen LogP contribution >= 0.6 is 0 Å². The molecule has 0 aliphatic rings. The van der Waals surface area contributed by atoms with Crippen molar-refractivity contribution in [3.05, 3.63) is 42.1 Å². The number of amides is 2.